The Morgan fingerprint density at radius 1 is 1.42 bits per heavy atom. The largest absolute Gasteiger partial charge is 0.338 e. The first-order valence-electron chi connectivity index (χ1n) is 5.89. The average Bonchev–Trinajstić information content (AvgIpc) is 2.77. The second kappa shape index (κ2) is 5.05. The van der Waals surface area contributed by atoms with Crippen LogP contribution in [0.1, 0.15) is 25.5 Å². The summed E-state index contributed by atoms with van der Waals surface area (Å²) in [5.41, 5.74) is 1.39. The first kappa shape index (κ1) is 13.0. The third-order valence-corrected chi connectivity index (χ3v) is 2.68. The van der Waals surface area contributed by atoms with Gasteiger partial charge in [-0.15, -0.1) is 0 Å². The molecule has 0 aliphatic heterocycles. The van der Waals surface area contributed by atoms with E-state index in [0.717, 1.165) is 5.69 Å². The van der Waals surface area contributed by atoms with Crippen molar-refractivity contribution < 1.29 is 4.92 Å². The predicted octanol–water partition coefficient (Wildman–Crippen LogP) is 2.82. The Kier molecular flexibility index (Phi) is 3.46. The molecule has 1 N–H and O–H groups in total. The van der Waals surface area contributed by atoms with Gasteiger partial charge in [0.05, 0.1) is 16.8 Å². The third-order valence-electron chi connectivity index (χ3n) is 2.68. The van der Waals surface area contributed by atoms with Gasteiger partial charge in [-0.1, -0.05) is 0 Å². The van der Waals surface area contributed by atoms with Gasteiger partial charge in [0.15, 0.2) is 0 Å². The molecular weight excluding hydrogens is 246 g/mol. The molecule has 0 radical (unpaired) electrons. The molecule has 7 heteroatoms. The standard InChI is InChI=1S/C12H15N5O2/c1-8(2)16-7-10(5-14-16)15-12-4-9(3)11(6-13-12)17(18)19/h4-8H,1-3H3,(H,13,15). The van der Waals surface area contributed by atoms with Crippen LogP contribution < -0.4 is 5.32 Å². The summed E-state index contributed by atoms with van der Waals surface area (Å²) >= 11 is 0. The van der Waals surface area contributed by atoms with Crippen molar-refractivity contribution in [2.75, 3.05) is 5.32 Å². The molecule has 2 aromatic heterocycles. The van der Waals surface area contributed by atoms with Crippen LogP contribution in [0.4, 0.5) is 17.2 Å². The quantitative estimate of drug-likeness (QED) is 0.675. The third kappa shape index (κ3) is 2.87. The van der Waals surface area contributed by atoms with Crippen LogP contribution in [-0.4, -0.2) is 19.7 Å². The average molecular weight is 261 g/mol. The van der Waals surface area contributed by atoms with Crippen molar-refractivity contribution in [3.05, 3.63) is 40.3 Å². The molecule has 7 nitrogen and oxygen atoms in total. The van der Waals surface area contributed by atoms with Crippen molar-refractivity contribution in [1.82, 2.24) is 14.8 Å². The topological polar surface area (TPSA) is 85.9 Å². The summed E-state index contributed by atoms with van der Waals surface area (Å²) < 4.78 is 1.82. The van der Waals surface area contributed by atoms with Crippen molar-refractivity contribution >= 4 is 17.2 Å². The van der Waals surface area contributed by atoms with E-state index < -0.39 is 4.92 Å². The first-order chi connectivity index (χ1) is 8.97. The molecule has 100 valence electrons. The molecule has 19 heavy (non-hydrogen) atoms. The van der Waals surface area contributed by atoms with Crippen LogP contribution in [0.5, 0.6) is 0 Å². The Morgan fingerprint density at radius 2 is 2.16 bits per heavy atom. The van der Waals surface area contributed by atoms with Gasteiger partial charge in [-0.05, 0) is 26.8 Å². The molecule has 0 unspecified atom stereocenters. The predicted molar refractivity (Wildman–Crippen MR) is 71.5 cm³/mol. The van der Waals surface area contributed by atoms with Crippen molar-refractivity contribution in [2.24, 2.45) is 0 Å². The summed E-state index contributed by atoms with van der Waals surface area (Å²) in [6.45, 7) is 5.75. The molecule has 0 fully saturated rings. The van der Waals surface area contributed by atoms with E-state index in [-0.39, 0.29) is 11.7 Å². The second-order valence-electron chi connectivity index (χ2n) is 4.54. The summed E-state index contributed by atoms with van der Waals surface area (Å²) in [6, 6.07) is 1.92. The van der Waals surface area contributed by atoms with Gasteiger partial charge in [0, 0.05) is 17.8 Å². The van der Waals surface area contributed by atoms with Crippen LogP contribution >= 0.6 is 0 Å². The van der Waals surface area contributed by atoms with Gasteiger partial charge >= 0.3 is 0 Å². The van der Waals surface area contributed by atoms with Gasteiger partial charge in [-0.2, -0.15) is 5.10 Å². The minimum Gasteiger partial charge on any atom is -0.338 e. The van der Waals surface area contributed by atoms with Crippen LogP contribution in [0.3, 0.4) is 0 Å². The number of pyridine rings is 1. The van der Waals surface area contributed by atoms with E-state index in [2.05, 4.69) is 15.4 Å². The van der Waals surface area contributed by atoms with E-state index in [1.807, 2.05) is 24.7 Å². The van der Waals surface area contributed by atoms with Crippen LogP contribution in [0.25, 0.3) is 0 Å². The van der Waals surface area contributed by atoms with Gasteiger partial charge < -0.3 is 5.32 Å². The number of nitrogens with zero attached hydrogens (tertiary/aromatic N) is 4. The Bertz CT molecular complexity index is 606. The molecule has 0 aromatic carbocycles. The highest BCUT2D eigenvalue weighted by Gasteiger charge is 2.11. The fourth-order valence-electron chi connectivity index (χ4n) is 1.64. The number of nitrogens with one attached hydrogen (secondary N) is 1. The summed E-state index contributed by atoms with van der Waals surface area (Å²) in [4.78, 5) is 14.3. The van der Waals surface area contributed by atoms with Crippen molar-refractivity contribution in [2.45, 2.75) is 26.8 Å². The summed E-state index contributed by atoms with van der Waals surface area (Å²) in [5, 5.41) is 18.0. The Balaban J connectivity index is 2.19. The highest BCUT2D eigenvalue weighted by molar-refractivity contribution is 5.56. The second-order valence-corrected chi connectivity index (χ2v) is 4.54. The van der Waals surface area contributed by atoms with Crippen LogP contribution in [0, 0.1) is 17.0 Å². The van der Waals surface area contributed by atoms with E-state index in [4.69, 9.17) is 0 Å². The van der Waals surface area contributed by atoms with E-state index in [1.165, 1.54) is 6.20 Å². The molecule has 2 heterocycles. The maximum absolute atomic E-state index is 10.7. The van der Waals surface area contributed by atoms with Crippen LogP contribution in [0.15, 0.2) is 24.7 Å². The molecule has 0 saturated carbocycles. The zero-order chi connectivity index (χ0) is 14.0. The lowest BCUT2D eigenvalue weighted by molar-refractivity contribution is -0.385. The number of rotatable bonds is 4. The van der Waals surface area contributed by atoms with Gasteiger partial charge in [0.1, 0.15) is 12.0 Å². The van der Waals surface area contributed by atoms with E-state index in [1.54, 1.807) is 19.2 Å². The summed E-state index contributed by atoms with van der Waals surface area (Å²) in [6.07, 6.45) is 4.81. The fraction of sp³-hybridized carbons (Fsp3) is 0.333. The number of nitro groups is 1. The van der Waals surface area contributed by atoms with E-state index in [0.29, 0.717) is 11.4 Å². The number of aromatic nitrogens is 3. The molecule has 2 rings (SSSR count). The zero-order valence-corrected chi connectivity index (χ0v) is 11.0. The van der Waals surface area contributed by atoms with Gasteiger partial charge in [-0.3, -0.25) is 14.8 Å². The van der Waals surface area contributed by atoms with E-state index in [9.17, 15) is 10.1 Å². The number of hydrogen-bond acceptors (Lipinski definition) is 5. The Hall–Kier alpha value is -2.44. The van der Waals surface area contributed by atoms with Crippen molar-refractivity contribution in [1.29, 1.82) is 0 Å². The molecular formula is C12H15N5O2. The molecule has 0 spiro atoms. The fourth-order valence-corrected chi connectivity index (χ4v) is 1.64. The number of hydrogen-bond donors (Lipinski definition) is 1. The zero-order valence-electron chi connectivity index (χ0n) is 11.0. The van der Waals surface area contributed by atoms with Crippen molar-refractivity contribution in [3.8, 4) is 0 Å². The lowest BCUT2D eigenvalue weighted by Crippen LogP contribution is -2.00. The monoisotopic (exact) mass is 261 g/mol. The van der Waals surface area contributed by atoms with Gasteiger partial charge in [-0.25, -0.2) is 4.98 Å². The molecule has 0 atom stereocenters. The molecule has 0 saturated heterocycles. The molecule has 0 bridgehead atoms. The summed E-state index contributed by atoms with van der Waals surface area (Å²) in [5.74, 6) is 0.561. The SMILES string of the molecule is Cc1cc(Nc2cnn(C(C)C)c2)ncc1[N+](=O)[O-]. The van der Waals surface area contributed by atoms with Crippen LogP contribution in [-0.2, 0) is 0 Å². The van der Waals surface area contributed by atoms with Gasteiger partial charge in [0.25, 0.3) is 5.69 Å². The summed E-state index contributed by atoms with van der Waals surface area (Å²) in [7, 11) is 0. The van der Waals surface area contributed by atoms with E-state index >= 15 is 0 Å². The minimum absolute atomic E-state index is 0.0171. The molecule has 2 aromatic rings. The lowest BCUT2D eigenvalue weighted by Gasteiger charge is -2.05. The number of aryl methyl sites for hydroxylation is 1. The maximum Gasteiger partial charge on any atom is 0.290 e. The molecule has 0 aliphatic carbocycles. The lowest BCUT2D eigenvalue weighted by atomic mass is 10.2. The highest BCUT2D eigenvalue weighted by Crippen LogP contribution is 2.21. The first-order valence-corrected chi connectivity index (χ1v) is 5.89. The van der Waals surface area contributed by atoms with Gasteiger partial charge in [0.2, 0.25) is 0 Å². The Morgan fingerprint density at radius 3 is 2.68 bits per heavy atom. The number of anilines is 2. The Labute approximate surface area is 110 Å². The highest BCUT2D eigenvalue weighted by atomic mass is 16.6. The smallest absolute Gasteiger partial charge is 0.290 e. The van der Waals surface area contributed by atoms with Crippen molar-refractivity contribution in [3.63, 3.8) is 0 Å². The molecule has 0 aliphatic rings. The maximum atomic E-state index is 10.7. The molecule has 0 amide bonds. The minimum atomic E-state index is -0.442. The normalized spacial score (nSPS) is 10.7. The van der Waals surface area contributed by atoms with Crippen LogP contribution in [0.2, 0.25) is 0 Å².